The average molecular weight is 283 g/mol. The van der Waals surface area contributed by atoms with E-state index in [2.05, 4.69) is 15.1 Å². The number of rotatable bonds is 4. The molecule has 0 aliphatic heterocycles. The van der Waals surface area contributed by atoms with Gasteiger partial charge in [0, 0.05) is 18.2 Å². The van der Waals surface area contributed by atoms with Crippen molar-refractivity contribution >= 4 is 0 Å². The van der Waals surface area contributed by atoms with Crippen LogP contribution in [-0.2, 0) is 6.42 Å². The highest BCUT2D eigenvalue weighted by Crippen LogP contribution is 2.25. The summed E-state index contributed by atoms with van der Waals surface area (Å²) in [5.41, 5.74) is 1.23. The molecular weight excluding hydrogens is 270 g/mol. The largest absolute Gasteiger partial charge is 0.505 e. The minimum Gasteiger partial charge on any atom is -0.505 e. The van der Waals surface area contributed by atoms with Gasteiger partial charge in [-0.15, -0.1) is 0 Å². The molecular formula is C15H13N3O3. The molecule has 1 N–H and O–H groups in total. The Morgan fingerprint density at radius 2 is 2.05 bits per heavy atom. The lowest BCUT2D eigenvalue weighted by Crippen LogP contribution is -1.95. The van der Waals surface area contributed by atoms with Crippen LogP contribution in [0.3, 0.4) is 0 Å². The molecule has 2 heterocycles. The van der Waals surface area contributed by atoms with Crippen LogP contribution in [-0.4, -0.2) is 27.3 Å². The quantitative estimate of drug-likeness (QED) is 0.792. The Balaban J connectivity index is 1.87. The minimum absolute atomic E-state index is 0.00462. The molecule has 3 aromatic rings. The van der Waals surface area contributed by atoms with Crippen molar-refractivity contribution in [3.8, 4) is 23.1 Å². The second-order valence-electron chi connectivity index (χ2n) is 4.38. The van der Waals surface area contributed by atoms with Gasteiger partial charge in [-0.1, -0.05) is 23.4 Å². The summed E-state index contributed by atoms with van der Waals surface area (Å²) in [6, 6.07) is 10.8. The van der Waals surface area contributed by atoms with Gasteiger partial charge in [0.1, 0.15) is 11.5 Å². The minimum atomic E-state index is 0.00462. The first-order valence-electron chi connectivity index (χ1n) is 6.37. The Labute approximate surface area is 121 Å². The van der Waals surface area contributed by atoms with Crippen LogP contribution in [0.4, 0.5) is 0 Å². The topological polar surface area (TPSA) is 81.3 Å². The van der Waals surface area contributed by atoms with E-state index in [0.29, 0.717) is 12.2 Å². The van der Waals surface area contributed by atoms with Crippen LogP contribution in [0.1, 0.15) is 11.4 Å². The van der Waals surface area contributed by atoms with Gasteiger partial charge in [0.2, 0.25) is 0 Å². The molecule has 0 bridgehead atoms. The van der Waals surface area contributed by atoms with E-state index >= 15 is 0 Å². The van der Waals surface area contributed by atoms with Gasteiger partial charge in [0.15, 0.2) is 11.5 Å². The Bertz CT molecular complexity index is 755. The molecule has 0 radical (unpaired) electrons. The van der Waals surface area contributed by atoms with Gasteiger partial charge < -0.3 is 14.4 Å². The number of hydrogen-bond donors (Lipinski definition) is 1. The number of nitrogens with zero attached hydrogens (tertiary/aromatic N) is 3. The third kappa shape index (κ3) is 2.69. The molecule has 1 aromatic carbocycles. The smallest absolute Gasteiger partial charge is 0.280 e. The Morgan fingerprint density at radius 3 is 2.86 bits per heavy atom. The number of methoxy groups -OCH3 is 1. The molecule has 0 amide bonds. The second-order valence-corrected chi connectivity index (χ2v) is 4.38. The molecule has 3 rings (SSSR count). The first-order valence-corrected chi connectivity index (χ1v) is 6.37. The zero-order chi connectivity index (χ0) is 14.7. The Kier molecular flexibility index (Phi) is 3.51. The number of aromatic hydroxyl groups is 1. The lowest BCUT2D eigenvalue weighted by molar-refractivity contribution is 0.407. The van der Waals surface area contributed by atoms with Gasteiger partial charge in [-0.2, -0.15) is 4.98 Å². The normalized spacial score (nSPS) is 10.5. The van der Waals surface area contributed by atoms with Crippen molar-refractivity contribution in [1.29, 1.82) is 0 Å². The predicted octanol–water partition coefficient (Wildman–Crippen LogP) is 2.44. The summed E-state index contributed by atoms with van der Waals surface area (Å²) in [6.07, 6.45) is 2.03. The summed E-state index contributed by atoms with van der Waals surface area (Å²) >= 11 is 0. The van der Waals surface area contributed by atoms with E-state index < -0.39 is 0 Å². The molecule has 0 saturated heterocycles. The van der Waals surface area contributed by atoms with E-state index in [1.807, 2.05) is 24.3 Å². The van der Waals surface area contributed by atoms with Crippen molar-refractivity contribution in [1.82, 2.24) is 15.1 Å². The molecule has 0 atom stereocenters. The van der Waals surface area contributed by atoms with Crippen LogP contribution in [0.15, 0.2) is 47.1 Å². The molecule has 0 unspecified atom stereocenters. The summed E-state index contributed by atoms with van der Waals surface area (Å²) < 4.78 is 10.4. The lowest BCUT2D eigenvalue weighted by atomic mass is 10.1. The summed E-state index contributed by atoms with van der Waals surface area (Å²) in [4.78, 5) is 8.29. The second kappa shape index (κ2) is 5.62. The third-order valence-electron chi connectivity index (χ3n) is 3.00. The van der Waals surface area contributed by atoms with Crippen LogP contribution < -0.4 is 4.74 Å². The maximum absolute atomic E-state index is 9.73. The van der Waals surface area contributed by atoms with Crippen LogP contribution in [0.25, 0.3) is 11.6 Å². The van der Waals surface area contributed by atoms with Crippen LogP contribution in [0, 0.1) is 0 Å². The molecule has 0 fully saturated rings. The number of pyridine rings is 1. The average Bonchev–Trinajstić information content (AvgIpc) is 2.96. The standard InChI is InChI=1S/C15H13N3O3/c1-20-12-7-3-2-5-10(12)9-13-17-15(21-18-13)14-11(19)6-4-8-16-14/h2-8,19H,9H2,1H3. The number of ether oxygens (including phenoxy) is 1. The molecule has 6 heteroatoms. The molecule has 2 aromatic heterocycles. The summed E-state index contributed by atoms with van der Waals surface area (Å²) in [5.74, 6) is 1.46. The predicted molar refractivity (Wildman–Crippen MR) is 75.0 cm³/mol. The molecule has 0 saturated carbocycles. The molecule has 0 aliphatic carbocycles. The van der Waals surface area contributed by atoms with Crippen molar-refractivity contribution in [3.63, 3.8) is 0 Å². The lowest BCUT2D eigenvalue weighted by Gasteiger charge is -2.05. The van der Waals surface area contributed by atoms with E-state index in [9.17, 15) is 5.11 Å². The van der Waals surface area contributed by atoms with Gasteiger partial charge in [-0.25, -0.2) is 4.98 Å². The highest BCUT2D eigenvalue weighted by Gasteiger charge is 2.15. The summed E-state index contributed by atoms with van der Waals surface area (Å²) in [7, 11) is 1.62. The van der Waals surface area contributed by atoms with Gasteiger partial charge in [0.25, 0.3) is 5.89 Å². The van der Waals surface area contributed by atoms with Crippen LogP contribution in [0.5, 0.6) is 11.5 Å². The van der Waals surface area contributed by atoms with E-state index in [1.54, 1.807) is 19.4 Å². The van der Waals surface area contributed by atoms with Crippen molar-refractivity contribution in [2.24, 2.45) is 0 Å². The molecule has 0 spiro atoms. The van der Waals surface area contributed by atoms with Gasteiger partial charge in [-0.3, -0.25) is 0 Å². The fourth-order valence-corrected chi connectivity index (χ4v) is 2.00. The van der Waals surface area contributed by atoms with Crippen LogP contribution in [0.2, 0.25) is 0 Å². The van der Waals surface area contributed by atoms with Gasteiger partial charge in [0.05, 0.1) is 7.11 Å². The Morgan fingerprint density at radius 1 is 1.19 bits per heavy atom. The maximum Gasteiger partial charge on any atom is 0.280 e. The van der Waals surface area contributed by atoms with E-state index in [1.165, 1.54) is 6.07 Å². The molecule has 6 nitrogen and oxygen atoms in total. The van der Waals surface area contributed by atoms with Crippen molar-refractivity contribution in [2.45, 2.75) is 6.42 Å². The number of aromatic nitrogens is 3. The SMILES string of the molecule is COc1ccccc1Cc1noc(-c2ncccc2O)n1. The highest BCUT2D eigenvalue weighted by atomic mass is 16.5. The molecule has 21 heavy (non-hydrogen) atoms. The van der Waals surface area contributed by atoms with Crippen molar-refractivity contribution in [2.75, 3.05) is 7.11 Å². The molecule has 0 aliphatic rings. The van der Waals surface area contributed by atoms with E-state index in [4.69, 9.17) is 9.26 Å². The third-order valence-corrected chi connectivity index (χ3v) is 3.00. The Hall–Kier alpha value is -2.89. The zero-order valence-corrected chi connectivity index (χ0v) is 11.4. The fraction of sp³-hybridized carbons (Fsp3) is 0.133. The van der Waals surface area contributed by atoms with Crippen molar-refractivity contribution in [3.05, 3.63) is 54.0 Å². The number of hydrogen-bond acceptors (Lipinski definition) is 6. The summed E-state index contributed by atoms with van der Waals surface area (Å²) in [6.45, 7) is 0. The van der Waals surface area contributed by atoms with Crippen molar-refractivity contribution < 1.29 is 14.4 Å². The van der Waals surface area contributed by atoms with E-state index in [0.717, 1.165) is 11.3 Å². The monoisotopic (exact) mass is 283 g/mol. The van der Waals surface area contributed by atoms with Gasteiger partial charge in [-0.05, 0) is 18.2 Å². The molecule has 106 valence electrons. The summed E-state index contributed by atoms with van der Waals surface area (Å²) in [5, 5.41) is 13.6. The maximum atomic E-state index is 9.73. The number of benzene rings is 1. The number of para-hydroxylation sites is 1. The van der Waals surface area contributed by atoms with Gasteiger partial charge >= 0.3 is 0 Å². The van der Waals surface area contributed by atoms with E-state index in [-0.39, 0.29) is 17.3 Å². The zero-order valence-electron chi connectivity index (χ0n) is 11.4. The van der Waals surface area contributed by atoms with Crippen LogP contribution >= 0.6 is 0 Å². The highest BCUT2D eigenvalue weighted by molar-refractivity contribution is 5.56. The first kappa shape index (κ1) is 13.1. The fourth-order valence-electron chi connectivity index (χ4n) is 2.00. The first-order chi connectivity index (χ1) is 10.3.